The molecule has 126 valence electrons. The highest BCUT2D eigenvalue weighted by Gasteiger charge is 2.28. The highest BCUT2D eigenvalue weighted by Crippen LogP contribution is 2.21. The molecule has 4 nitrogen and oxygen atoms in total. The second-order valence-electron chi connectivity index (χ2n) is 6.10. The number of benzene rings is 1. The van der Waals surface area contributed by atoms with E-state index >= 15 is 0 Å². The van der Waals surface area contributed by atoms with Gasteiger partial charge in [-0.1, -0.05) is 30.3 Å². The van der Waals surface area contributed by atoms with Crippen LogP contribution in [0.4, 0.5) is 0 Å². The van der Waals surface area contributed by atoms with Crippen molar-refractivity contribution in [3.05, 3.63) is 35.9 Å². The predicted molar refractivity (Wildman–Crippen MR) is 95.2 cm³/mol. The minimum Gasteiger partial charge on any atom is -0.369 e. The molecule has 1 aliphatic heterocycles. The van der Waals surface area contributed by atoms with Crippen molar-refractivity contribution in [3.63, 3.8) is 0 Å². The van der Waals surface area contributed by atoms with E-state index in [0.29, 0.717) is 25.9 Å². The number of thioether (sulfide) groups is 1. The highest BCUT2D eigenvalue weighted by atomic mass is 32.2. The fourth-order valence-electron chi connectivity index (χ4n) is 2.89. The number of nitrogens with two attached hydrogens (primary N) is 1. The standard InChI is InChI=1S/C18H26N2O2S/c1-14(23-13-5-8-15-6-3-2-4-7-15)18(22)20-11-9-16(10-12-20)17(19)21/h2-4,6-7,14,16H,5,8-13H2,1H3,(H2,19,21). The van der Waals surface area contributed by atoms with Crippen LogP contribution in [0.25, 0.3) is 0 Å². The van der Waals surface area contributed by atoms with Crippen LogP contribution in [0.3, 0.4) is 0 Å². The number of piperidine rings is 1. The number of amides is 2. The molecule has 1 saturated heterocycles. The maximum atomic E-state index is 12.4. The van der Waals surface area contributed by atoms with Crippen molar-refractivity contribution < 1.29 is 9.59 Å². The summed E-state index contributed by atoms with van der Waals surface area (Å²) in [6.45, 7) is 3.29. The van der Waals surface area contributed by atoms with E-state index in [1.54, 1.807) is 11.8 Å². The van der Waals surface area contributed by atoms with Crippen molar-refractivity contribution in [2.24, 2.45) is 11.7 Å². The Kier molecular flexibility index (Phi) is 6.96. The smallest absolute Gasteiger partial charge is 0.235 e. The van der Waals surface area contributed by atoms with Crippen LogP contribution >= 0.6 is 11.8 Å². The molecule has 5 heteroatoms. The summed E-state index contributed by atoms with van der Waals surface area (Å²) in [6.07, 6.45) is 3.54. The van der Waals surface area contributed by atoms with E-state index in [1.165, 1.54) is 5.56 Å². The number of likely N-dealkylation sites (tertiary alicyclic amines) is 1. The third-order valence-corrected chi connectivity index (χ3v) is 5.60. The van der Waals surface area contributed by atoms with E-state index in [0.717, 1.165) is 18.6 Å². The SMILES string of the molecule is CC(SCCCc1ccccc1)C(=O)N1CCC(C(N)=O)CC1. The molecule has 1 unspecified atom stereocenters. The lowest BCUT2D eigenvalue weighted by atomic mass is 9.96. The van der Waals surface area contributed by atoms with Gasteiger partial charge in [0.05, 0.1) is 5.25 Å². The van der Waals surface area contributed by atoms with E-state index in [4.69, 9.17) is 5.73 Å². The summed E-state index contributed by atoms with van der Waals surface area (Å²) in [5, 5.41) is -0.0177. The molecule has 2 amide bonds. The van der Waals surface area contributed by atoms with Crippen molar-refractivity contribution in [2.75, 3.05) is 18.8 Å². The molecule has 0 saturated carbocycles. The van der Waals surface area contributed by atoms with E-state index < -0.39 is 0 Å². The first-order valence-electron chi connectivity index (χ1n) is 8.31. The van der Waals surface area contributed by atoms with Gasteiger partial charge in [-0.15, -0.1) is 11.8 Å². The monoisotopic (exact) mass is 334 g/mol. The van der Waals surface area contributed by atoms with Crippen LogP contribution in [0, 0.1) is 5.92 Å². The normalized spacial score (nSPS) is 17.0. The van der Waals surface area contributed by atoms with Gasteiger partial charge in [0.25, 0.3) is 0 Å². The molecule has 0 radical (unpaired) electrons. The second kappa shape index (κ2) is 8.96. The summed E-state index contributed by atoms with van der Waals surface area (Å²) in [5.41, 5.74) is 6.68. The van der Waals surface area contributed by atoms with Crippen LogP contribution in [-0.4, -0.2) is 40.8 Å². The molecule has 1 fully saturated rings. The Morgan fingerprint density at radius 2 is 1.91 bits per heavy atom. The van der Waals surface area contributed by atoms with Gasteiger partial charge in [-0.25, -0.2) is 0 Å². The van der Waals surface area contributed by atoms with Crippen molar-refractivity contribution in [1.82, 2.24) is 4.90 Å². The van der Waals surface area contributed by atoms with Crippen molar-refractivity contribution in [3.8, 4) is 0 Å². The molecule has 1 aromatic rings. The summed E-state index contributed by atoms with van der Waals surface area (Å²) in [7, 11) is 0. The van der Waals surface area contributed by atoms with Gasteiger partial charge in [0.1, 0.15) is 0 Å². The first-order valence-corrected chi connectivity index (χ1v) is 9.36. The lowest BCUT2D eigenvalue weighted by molar-refractivity contribution is -0.134. The highest BCUT2D eigenvalue weighted by molar-refractivity contribution is 8.00. The van der Waals surface area contributed by atoms with Gasteiger partial charge < -0.3 is 10.6 Å². The van der Waals surface area contributed by atoms with Crippen molar-refractivity contribution in [1.29, 1.82) is 0 Å². The van der Waals surface area contributed by atoms with Crippen LogP contribution in [0.2, 0.25) is 0 Å². The number of rotatable bonds is 7. The molecule has 1 aliphatic rings. The third kappa shape index (κ3) is 5.57. The lowest BCUT2D eigenvalue weighted by Gasteiger charge is -2.32. The van der Waals surface area contributed by atoms with Crippen LogP contribution in [0.15, 0.2) is 30.3 Å². The largest absolute Gasteiger partial charge is 0.369 e. The molecule has 0 bridgehead atoms. The third-order valence-electron chi connectivity index (χ3n) is 4.38. The zero-order valence-electron chi connectivity index (χ0n) is 13.7. The second-order valence-corrected chi connectivity index (χ2v) is 7.55. The summed E-state index contributed by atoms with van der Waals surface area (Å²) in [4.78, 5) is 25.5. The summed E-state index contributed by atoms with van der Waals surface area (Å²) in [5.74, 6) is 0.880. The van der Waals surface area contributed by atoms with Crippen LogP contribution in [0.1, 0.15) is 31.7 Å². The van der Waals surface area contributed by atoms with Crippen molar-refractivity contribution >= 4 is 23.6 Å². The molecule has 0 aliphatic carbocycles. The Morgan fingerprint density at radius 1 is 1.26 bits per heavy atom. The zero-order valence-corrected chi connectivity index (χ0v) is 14.6. The number of carbonyl (C=O) groups excluding carboxylic acids is 2. The Bertz CT molecular complexity index is 513. The Morgan fingerprint density at radius 3 is 2.52 bits per heavy atom. The number of carbonyl (C=O) groups is 2. The molecule has 2 N–H and O–H groups in total. The number of aryl methyl sites for hydroxylation is 1. The Balaban J connectivity index is 1.66. The molecule has 23 heavy (non-hydrogen) atoms. The minimum absolute atomic E-state index is 0.0177. The molecule has 1 heterocycles. The molecule has 2 rings (SSSR count). The van der Waals surface area contributed by atoms with Gasteiger partial charge in [-0.3, -0.25) is 9.59 Å². The average Bonchev–Trinajstić information content (AvgIpc) is 2.59. The maximum Gasteiger partial charge on any atom is 0.235 e. The topological polar surface area (TPSA) is 63.4 Å². The van der Waals surface area contributed by atoms with Crippen LogP contribution in [-0.2, 0) is 16.0 Å². The van der Waals surface area contributed by atoms with Crippen LogP contribution in [0.5, 0.6) is 0 Å². The van der Waals surface area contributed by atoms with E-state index in [2.05, 4.69) is 24.3 Å². The molecular weight excluding hydrogens is 308 g/mol. The van der Waals surface area contributed by atoms with Gasteiger partial charge >= 0.3 is 0 Å². The summed E-state index contributed by atoms with van der Waals surface area (Å²) < 4.78 is 0. The van der Waals surface area contributed by atoms with E-state index in [1.807, 2.05) is 17.9 Å². The Hall–Kier alpha value is -1.49. The summed E-state index contributed by atoms with van der Waals surface area (Å²) >= 11 is 1.72. The van der Waals surface area contributed by atoms with E-state index in [-0.39, 0.29) is 23.0 Å². The first-order chi connectivity index (χ1) is 11.1. The quantitative estimate of drug-likeness (QED) is 0.779. The molecule has 0 spiro atoms. The molecule has 1 aromatic carbocycles. The molecule has 1 atom stereocenters. The Labute approximate surface area is 142 Å². The number of hydrogen-bond donors (Lipinski definition) is 1. The first kappa shape index (κ1) is 17.9. The average molecular weight is 334 g/mol. The minimum atomic E-state index is -0.236. The van der Waals surface area contributed by atoms with Gasteiger partial charge in [0.15, 0.2) is 0 Å². The van der Waals surface area contributed by atoms with Crippen LogP contribution < -0.4 is 5.73 Å². The molecule has 0 aromatic heterocycles. The fourth-order valence-corrected chi connectivity index (χ4v) is 3.85. The van der Waals surface area contributed by atoms with Gasteiger partial charge in [0, 0.05) is 19.0 Å². The zero-order chi connectivity index (χ0) is 16.7. The number of nitrogens with zero attached hydrogens (tertiary/aromatic N) is 1. The maximum absolute atomic E-state index is 12.4. The van der Waals surface area contributed by atoms with Gasteiger partial charge in [0.2, 0.25) is 11.8 Å². The summed E-state index contributed by atoms with van der Waals surface area (Å²) in [6, 6.07) is 10.4. The predicted octanol–water partition coefficient (Wildman–Crippen LogP) is 2.46. The number of hydrogen-bond acceptors (Lipinski definition) is 3. The molecular formula is C18H26N2O2S. The lowest BCUT2D eigenvalue weighted by Crippen LogP contribution is -2.44. The van der Waals surface area contributed by atoms with Crippen molar-refractivity contribution in [2.45, 2.75) is 37.9 Å². The van der Waals surface area contributed by atoms with Gasteiger partial charge in [-0.05, 0) is 43.9 Å². The van der Waals surface area contributed by atoms with Gasteiger partial charge in [-0.2, -0.15) is 0 Å². The fraction of sp³-hybridized carbons (Fsp3) is 0.556. The van der Waals surface area contributed by atoms with E-state index in [9.17, 15) is 9.59 Å². The number of primary amides is 1.